The summed E-state index contributed by atoms with van der Waals surface area (Å²) in [5, 5.41) is 8.75. The number of hydrogen-bond acceptors (Lipinski definition) is 4. The lowest BCUT2D eigenvalue weighted by Crippen LogP contribution is -2.19. The second-order valence-electron chi connectivity index (χ2n) is 3.60. The molecule has 0 spiro atoms. The van der Waals surface area contributed by atoms with E-state index in [9.17, 15) is 0 Å². The standard InChI is InChI=1S/C11H16N3OP/c1-16(2)15-14-11(7-8-12)9-3-5-10(13)6-4-9/h3-6,11,14H,7,13H2,1-2H3. The van der Waals surface area contributed by atoms with Gasteiger partial charge >= 0.3 is 0 Å². The minimum Gasteiger partial charge on any atom is -0.399 e. The normalized spacial score (nSPS) is 12.4. The first-order valence-electron chi connectivity index (χ1n) is 4.95. The van der Waals surface area contributed by atoms with Crippen molar-refractivity contribution in [1.29, 1.82) is 5.26 Å². The number of nitrogens with one attached hydrogen (secondary N) is 1. The predicted octanol–water partition coefficient (Wildman–Crippen LogP) is 2.40. The Hall–Kier alpha value is -1.14. The van der Waals surface area contributed by atoms with Crippen molar-refractivity contribution in [2.24, 2.45) is 0 Å². The molecule has 1 aromatic rings. The highest BCUT2D eigenvalue weighted by molar-refractivity contribution is 7.50. The van der Waals surface area contributed by atoms with Crippen LogP contribution in [0.15, 0.2) is 24.3 Å². The number of benzene rings is 1. The number of nitrogens with two attached hydrogens (primary N) is 1. The highest BCUT2D eigenvalue weighted by Gasteiger charge is 2.11. The van der Waals surface area contributed by atoms with E-state index in [1.807, 2.05) is 37.6 Å². The van der Waals surface area contributed by atoms with Crippen molar-refractivity contribution >= 4 is 13.8 Å². The molecule has 0 aromatic heterocycles. The molecule has 3 N–H and O–H groups in total. The molecule has 0 saturated heterocycles. The largest absolute Gasteiger partial charge is 0.399 e. The summed E-state index contributed by atoms with van der Waals surface area (Å²) in [5.74, 6) is 0. The van der Waals surface area contributed by atoms with Gasteiger partial charge in [-0.2, -0.15) is 10.7 Å². The molecule has 0 radical (unpaired) electrons. The zero-order valence-corrected chi connectivity index (χ0v) is 10.4. The number of rotatable bonds is 5. The summed E-state index contributed by atoms with van der Waals surface area (Å²) in [4.78, 5) is 0. The van der Waals surface area contributed by atoms with E-state index in [1.165, 1.54) is 0 Å². The molecule has 1 aromatic carbocycles. The molecule has 0 aliphatic carbocycles. The quantitative estimate of drug-likeness (QED) is 0.468. The molecule has 0 aliphatic heterocycles. The first-order chi connectivity index (χ1) is 7.63. The third-order valence-electron chi connectivity index (χ3n) is 2.01. The van der Waals surface area contributed by atoms with Gasteiger partial charge in [-0.25, -0.2) is 0 Å². The highest BCUT2D eigenvalue weighted by atomic mass is 31.1. The second-order valence-corrected chi connectivity index (χ2v) is 5.41. The van der Waals surface area contributed by atoms with Crippen molar-refractivity contribution in [1.82, 2.24) is 5.48 Å². The van der Waals surface area contributed by atoms with Gasteiger partial charge in [-0.15, -0.1) is 0 Å². The summed E-state index contributed by atoms with van der Waals surface area (Å²) in [6.45, 7) is 3.99. The van der Waals surface area contributed by atoms with Crippen LogP contribution in [0.25, 0.3) is 0 Å². The Morgan fingerprint density at radius 2 is 2.06 bits per heavy atom. The molecule has 0 heterocycles. The second kappa shape index (κ2) is 6.44. The van der Waals surface area contributed by atoms with E-state index in [4.69, 9.17) is 15.6 Å². The van der Waals surface area contributed by atoms with E-state index in [1.54, 1.807) is 0 Å². The van der Waals surface area contributed by atoms with Crippen LogP contribution >= 0.6 is 8.15 Å². The fraction of sp³-hybridized carbons (Fsp3) is 0.364. The van der Waals surface area contributed by atoms with Crippen LogP contribution in [0.1, 0.15) is 18.0 Å². The molecule has 4 nitrogen and oxygen atoms in total. The minimum absolute atomic E-state index is 0.101. The smallest absolute Gasteiger partial charge is 0.0704 e. The minimum atomic E-state index is -0.486. The Kier molecular flexibility index (Phi) is 5.21. The van der Waals surface area contributed by atoms with E-state index >= 15 is 0 Å². The first kappa shape index (κ1) is 12.9. The van der Waals surface area contributed by atoms with Crippen LogP contribution in [0.5, 0.6) is 0 Å². The molecule has 0 amide bonds. The van der Waals surface area contributed by atoms with Gasteiger partial charge in [-0.3, -0.25) is 4.62 Å². The highest BCUT2D eigenvalue weighted by Crippen LogP contribution is 2.27. The zero-order chi connectivity index (χ0) is 12.0. The molecular formula is C11H16N3OP. The lowest BCUT2D eigenvalue weighted by Gasteiger charge is -2.17. The molecule has 1 atom stereocenters. The molecule has 1 rings (SSSR count). The number of hydrogen-bond donors (Lipinski definition) is 2. The average Bonchev–Trinajstić information content (AvgIpc) is 2.25. The van der Waals surface area contributed by atoms with Gasteiger partial charge in [0.1, 0.15) is 0 Å². The predicted molar refractivity (Wildman–Crippen MR) is 66.8 cm³/mol. The summed E-state index contributed by atoms with van der Waals surface area (Å²) in [5.41, 5.74) is 10.3. The monoisotopic (exact) mass is 237 g/mol. The van der Waals surface area contributed by atoms with E-state index in [-0.39, 0.29) is 6.04 Å². The molecule has 16 heavy (non-hydrogen) atoms. The number of anilines is 1. The van der Waals surface area contributed by atoms with Crippen molar-refractivity contribution in [3.63, 3.8) is 0 Å². The Bertz CT molecular complexity index is 358. The van der Waals surface area contributed by atoms with Gasteiger partial charge < -0.3 is 5.73 Å². The number of nitrogens with zero attached hydrogens (tertiary/aromatic N) is 1. The third kappa shape index (κ3) is 4.16. The summed E-state index contributed by atoms with van der Waals surface area (Å²) >= 11 is 0. The van der Waals surface area contributed by atoms with Gasteiger partial charge in [-0.05, 0) is 31.0 Å². The SMILES string of the molecule is CP(C)ONC(CC#N)c1ccc(N)cc1. The molecule has 1 unspecified atom stereocenters. The molecule has 5 heteroatoms. The Morgan fingerprint density at radius 3 is 2.56 bits per heavy atom. The Labute approximate surface area is 97.2 Å². The lowest BCUT2D eigenvalue weighted by molar-refractivity contribution is 0.180. The number of hydroxylamine groups is 1. The Morgan fingerprint density at radius 1 is 1.44 bits per heavy atom. The van der Waals surface area contributed by atoms with Crippen LogP contribution in [-0.4, -0.2) is 13.3 Å². The molecule has 0 aliphatic rings. The van der Waals surface area contributed by atoms with Crippen molar-refractivity contribution in [3.8, 4) is 6.07 Å². The topological polar surface area (TPSA) is 71.1 Å². The number of nitriles is 1. The molecule has 86 valence electrons. The van der Waals surface area contributed by atoms with Crippen molar-refractivity contribution in [2.75, 3.05) is 19.1 Å². The summed E-state index contributed by atoms with van der Waals surface area (Å²) in [7, 11) is -0.486. The average molecular weight is 237 g/mol. The van der Waals surface area contributed by atoms with Gasteiger partial charge in [0.25, 0.3) is 0 Å². The summed E-state index contributed by atoms with van der Waals surface area (Å²) in [6.07, 6.45) is 0.368. The number of nitrogen functional groups attached to an aromatic ring is 1. The first-order valence-corrected chi connectivity index (χ1v) is 7.11. The van der Waals surface area contributed by atoms with Crippen LogP contribution in [0, 0.1) is 11.3 Å². The van der Waals surface area contributed by atoms with Crippen LogP contribution < -0.4 is 11.2 Å². The van der Waals surface area contributed by atoms with Gasteiger partial charge in [0.05, 0.1) is 18.5 Å². The third-order valence-corrected chi connectivity index (χ3v) is 2.48. The molecular weight excluding hydrogens is 221 g/mol. The van der Waals surface area contributed by atoms with Gasteiger partial charge in [0.2, 0.25) is 0 Å². The van der Waals surface area contributed by atoms with E-state index in [2.05, 4.69) is 11.5 Å². The maximum absolute atomic E-state index is 8.75. The molecule has 0 bridgehead atoms. The van der Waals surface area contributed by atoms with Crippen molar-refractivity contribution in [2.45, 2.75) is 12.5 Å². The van der Waals surface area contributed by atoms with E-state index < -0.39 is 8.15 Å². The van der Waals surface area contributed by atoms with Crippen LogP contribution in [0.3, 0.4) is 0 Å². The van der Waals surface area contributed by atoms with Gasteiger partial charge in [-0.1, -0.05) is 12.1 Å². The van der Waals surface area contributed by atoms with Crippen molar-refractivity contribution < 1.29 is 4.62 Å². The van der Waals surface area contributed by atoms with Gasteiger partial charge in [0.15, 0.2) is 0 Å². The van der Waals surface area contributed by atoms with Crippen LogP contribution in [0.2, 0.25) is 0 Å². The van der Waals surface area contributed by atoms with E-state index in [0.29, 0.717) is 12.1 Å². The summed E-state index contributed by atoms with van der Waals surface area (Å²) in [6, 6.07) is 9.49. The van der Waals surface area contributed by atoms with Crippen LogP contribution in [-0.2, 0) is 4.62 Å². The molecule has 0 saturated carbocycles. The summed E-state index contributed by atoms with van der Waals surface area (Å²) < 4.78 is 5.37. The maximum atomic E-state index is 8.75. The maximum Gasteiger partial charge on any atom is 0.0704 e. The zero-order valence-electron chi connectivity index (χ0n) is 9.47. The fourth-order valence-electron chi connectivity index (χ4n) is 1.22. The van der Waals surface area contributed by atoms with Crippen molar-refractivity contribution in [3.05, 3.63) is 29.8 Å². The fourth-order valence-corrected chi connectivity index (χ4v) is 1.55. The van der Waals surface area contributed by atoms with Crippen LogP contribution in [0.4, 0.5) is 5.69 Å². The molecule has 0 fully saturated rings. The lowest BCUT2D eigenvalue weighted by atomic mass is 10.1. The van der Waals surface area contributed by atoms with E-state index in [0.717, 1.165) is 5.56 Å². The Balaban J connectivity index is 2.69. The van der Waals surface area contributed by atoms with Gasteiger partial charge in [0, 0.05) is 13.8 Å².